The predicted molar refractivity (Wildman–Crippen MR) is 77.8 cm³/mol. The van der Waals surface area contributed by atoms with Gasteiger partial charge in [0, 0.05) is 12.1 Å². The van der Waals surface area contributed by atoms with Crippen LogP contribution in [0.1, 0.15) is 52.4 Å². The molecule has 0 aromatic rings. The number of piperidine rings is 1. The molecule has 1 saturated heterocycles. The maximum absolute atomic E-state index is 11.8. The highest BCUT2D eigenvalue weighted by Crippen LogP contribution is 2.34. The van der Waals surface area contributed by atoms with Crippen molar-refractivity contribution >= 4 is 5.91 Å². The van der Waals surface area contributed by atoms with Crippen LogP contribution < -0.4 is 11.1 Å². The van der Waals surface area contributed by atoms with Crippen molar-refractivity contribution in [2.24, 2.45) is 11.7 Å². The molecule has 0 aromatic heterocycles. The Kier molecular flexibility index (Phi) is 4.51. The lowest BCUT2D eigenvalue weighted by molar-refractivity contribution is -0.126. The molecule has 1 heterocycles. The molecule has 0 radical (unpaired) electrons. The molecule has 0 aromatic carbocycles. The van der Waals surface area contributed by atoms with Crippen molar-refractivity contribution < 1.29 is 4.79 Å². The fourth-order valence-corrected chi connectivity index (χ4v) is 4.07. The van der Waals surface area contributed by atoms with Gasteiger partial charge in [0.05, 0.1) is 5.54 Å². The molecule has 2 fully saturated rings. The van der Waals surface area contributed by atoms with Crippen molar-refractivity contribution in [1.29, 1.82) is 0 Å². The van der Waals surface area contributed by atoms with Crippen LogP contribution in [0.15, 0.2) is 0 Å². The van der Waals surface area contributed by atoms with Gasteiger partial charge in [0.2, 0.25) is 5.91 Å². The molecule has 3 N–H and O–H groups in total. The summed E-state index contributed by atoms with van der Waals surface area (Å²) in [6.07, 6.45) is 6.61. The van der Waals surface area contributed by atoms with Gasteiger partial charge in [0.1, 0.15) is 0 Å². The number of nitrogens with two attached hydrogens (primary N) is 1. The minimum Gasteiger partial charge on any atom is -0.368 e. The maximum atomic E-state index is 11.8. The molecule has 19 heavy (non-hydrogen) atoms. The number of carbonyl (C=O) groups is 1. The molecule has 4 nitrogen and oxygen atoms in total. The molecule has 4 unspecified atom stereocenters. The van der Waals surface area contributed by atoms with Gasteiger partial charge in [0.15, 0.2) is 0 Å². The summed E-state index contributed by atoms with van der Waals surface area (Å²) in [5, 5.41) is 3.21. The first-order valence-electron chi connectivity index (χ1n) is 7.73. The second-order valence-corrected chi connectivity index (χ2v) is 6.66. The van der Waals surface area contributed by atoms with Crippen molar-refractivity contribution in [3.8, 4) is 0 Å². The lowest BCUT2D eigenvalue weighted by Crippen LogP contribution is -2.61. The number of primary amides is 1. The molecule has 4 atom stereocenters. The molecule has 1 amide bonds. The Morgan fingerprint density at radius 1 is 1.37 bits per heavy atom. The SMILES string of the molecule is CNC1(C(N)=O)CCCC(N2CCC(C)CC2C)C1. The molecular formula is C15H29N3O. The first-order chi connectivity index (χ1) is 8.98. The van der Waals surface area contributed by atoms with E-state index in [1.54, 1.807) is 0 Å². The van der Waals surface area contributed by atoms with E-state index in [9.17, 15) is 4.79 Å². The summed E-state index contributed by atoms with van der Waals surface area (Å²) in [7, 11) is 1.87. The van der Waals surface area contributed by atoms with E-state index in [0.29, 0.717) is 12.1 Å². The summed E-state index contributed by atoms with van der Waals surface area (Å²) >= 11 is 0. The van der Waals surface area contributed by atoms with Gasteiger partial charge < -0.3 is 11.1 Å². The van der Waals surface area contributed by atoms with Gasteiger partial charge in [-0.1, -0.05) is 6.92 Å². The molecule has 110 valence electrons. The molecule has 1 saturated carbocycles. The zero-order valence-corrected chi connectivity index (χ0v) is 12.6. The fourth-order valence-electron chi connectivity index (χ4n) is 4.07. The molecule has 0 bridgehead atoms. The van der Waals surface area contributed by atoms with Gasteiger partial charge >= 0.3 is 0 Å². The molecule has 1 aliphatic heterocycles. The van der Waals surface area contributed by atoms with Crippen LogP contribution in [-0.4, -0.2) is 42.0 Å². The number of hydrogen-bond donors (Lipinski definition) is 2. The Labute approximate surface area is 117 Å². The predicted octanol–water partition coefficient (Wildman–Crippen LogP) is 1.49. The lowest BCUT2D eigenvalue weighted by atomic mass is 9.76. The number of nitrogens with zero attached hydrogens (tertiary/aromatic N) is 1. The maximum Gasteiger partial charge on any atom is 0.237 e. The Morgan fingerprint density at radius 2 is 2.11 bits per heavy atom. The van der Waals surface area contributed by atoms with E-state index >= 15 is 0 Å². The van der Waals surface area contributed by atoms with Crippen LogP contribution >= 0.6 is 0 Å². The van der Waals surface area contributed by atoms with Gasteiger partial charge in [-0.05, 0) is 65.0 Å². The first-order valence-corrected chi connectivity index (χ1v) is 7.73. The van der Waals surface area contributed by atoms with E-state index in [4.69, 9.17) is 5.73 Å². The van der Waals surface area contributed by atoms with Crippen LogP contribution in [0.25, 0.3) is 0 Å². The van der Waals surface area contributed by atoms with E-state index in [-0.39, 0.29) is 5.91 Å². The van der Waals surface area contributed by atoms with E-state index in [2.05, 4.69) is 24.1 Å². The first kappa shape index (κ1) is 14.8. The van der Waals surface area contributed by atoms with Crippen molar-refractivity contribution in [3.05, 3.63) is 0 Å². The van der Waals surface area contributed by atoms with E-state index < -0.39 is 5.54 Å². The highest BCUT2D eigenvalue weighted by atomic mass is 16.1. The number of amides is 1. The van der Waals surface area contributed by atoms with Crippen LogP contribution in [0.5, 0.6) is 0 Å². The van der Waals surface area contributed by atoms with Crippen LogP contribution in [0, 0.1) is 5.92 Å². The van der Waals surface area contributed by atoms with Gasteiger partial charge in [-0.15, -0.1) is 0 Å². The highest BCUT2D eigenvalue weighted by Gasteiger charge is 2.43. The van der Waals surface area contributed by atoms with E-state index in [1.807, 2.05) is 7.05 Å². The average Bonchev–Trinajstić information content (AvgIpc) is 2.38. The van der Waals surface area contributed by atoms with Crippen molar-refractivity contribution in [2.45, 2.75) is 70.0 Å². The Hall–Kier alpha value is -0.610. The summed E-state index contributed by atoms with van der Waals surface area (Å²) < 4.78 is 0. The van der Waals surface area contributed by atoms with Crippen LogP contribution in [0.2, 0.25) is 0 Å². The average molecular weight is 267 g/mol. The fraction of sp³-hybridized carbons (Fsp3) is 0.933. The minimum atomic E-state index is -0.480. The summed E-state index contributed by atoms with van der Waals surface area (Å²) in [4.78, 5) is 14.4. The number of likely N-dealkylation sites (tertiary alicyclic amines) is 1. The van der Waals surface area contributed by atoms with Crippen molar-refractivity contribution in [3.63, 3.8) is 0 Å². The largest absolute Gasteiger partial charge is 0.368 e. The zero-order valence-electron chi connectivity index (χ0n) is 12.6. The number of rotatable bonds is 3. The van der Waals surface area contributed by atoms with E-state index in [1.165, 1.54) is 25.8 Å². The number of likely N-dealkylation sites (N-methyl/N-ethyl adjacent to an activating group) is 1. The molecule has 2 rings (SSSR count). The van der Waals surface area contributed by atoms with Crippen LogP contribution in [0.4, 0.5) is 0 Å². The van der Waals surface area contributed by atoms with Gasteiger partial charge in [-0.2, -0.15) is 0 Å². The Balaban J connectivity index is 2.06. The Bertz CT molecular complexity index is 333. The van der Waals surface area contributed by atoms with Crippen molar-refractivity contribution in [2.75, 3.05) is 13.6 Å². The summed E-state index contributed by atoms with van der Waals surface area (Å²) in [5.74, 6) is 0.651. The number of carbonyl (C=O) groups excluding carboxylic acids is 1. The molecule has 4 heteroatoms. The third-order valence-corrected chi connectivity index (χ3v) is 5.33. The van der Waals surface area contributed by atoms with Gasteiger partial charge in [0.25, 0.3) is 0 Å². The molecule has 0 spiro atoms. The van der Waals surface area contributed by atoms with E-state index in [0.717, 1.165) is 25.2 Å². The summed E-state index contributed by atoms with van der Waals surface area (Å²) in [5.41, 5.74) is 5.16. The highest BCUT2D eigenvalue weighted by molar-refractivity contribution is 5.84. The monoisotopic (exact) mass is 267 g/mol. The third kappa shape index (κ3) is 2.95. The standard InChI is InChI=1S/C15H29N3O/c1-11-6-8-18(12(2)9-11)13-5-4-7-15(10-13,17-3)14(16)19/h11-13,17H,4-10H2,1-3H3,(H2,16,19). The number of hydrogen-bond acceptors (Lipinski definition) is 3. The summed E-state index contributed by atoms with van der Waals surface area (Å²) in [6.45, 7) is 5.84. The quantitative estimate of drug-likeness (QED) is 0.814. The smallest absolute Gasteiger partial charge is 0.237 e. The minimum absolute atomic E-state index is 0.183. The molecule has 1 aliphatic carbocycles. The molecule has 2 aliphatic rings. The number of nitrogens with one attached hydrogen (secondary N) is 1. The van der Waals surface area contributed by atoms with Crippen LogP contribution in [-0.2, 0) is 4.79 Å². The Morgan fingerprint density at radius 3 is 2.68 bits per heavy atom. The second-order valence-electron chi connectivity index (χ2n) is 6.66. The zero-order chi connectivity index (χ0) is 14.0. The lowest BCUT2D eigenvalue weighted by Gasteiger charge is -2.47. The topological polar surface area (TPSA) is 58.4 Å². The van der Waals surface area contributed by atoms with Gasteiger partial charge in [-0.25, -0.2) is 0 Å². The second kappa shape index (κ2) is 5.80. The van der Waals surface area contributed by atoms with Crippen LogP contribution in [0.3, 0.4) is 0 Å². The third-order valence-electron chi connectivity index (χ3n) is 5.33. The molecular weight excluding hydrogens is 238 g/mol. The van der Waals surface area contributed by atoms with Crippen molar-refractivity contribution in [1.82, 2.24) is 10.2 Å². The normalized spacial score (nSPS) is 41.1. The summed E-state index contributed by atoms with van der Waals surface area (Å²) in [6, 6.07) is 1.14. The van der Waals surface area contributed by atoms with Gasteiger partial charge in [-0.3, -0.25) is 9.69 Å².